The number of nitrogens with zero attached hydrogens (tertiary/aromatic N) is 2. The van der Waals surface area contributed by atoms with E-state index < -0.39 is 0 Å². The van der Waals surface area contributed by atoms with E-state index in [-0.39, 0.29) is 11.3 Å². The maximum Gasteiger partial charge on any atom is 0.224 e. The fourth-order valence-corrected chi connectivity index (χ4v) is 2.18. The lowest BCUT2D eigenvalue weighted by Crippen LogP contribution is -2.36. The number of hydrogen-bond acceptors (Lipinski definition) is 4. The van der Waals surface area contributed by atoms with E-state index in [1.54, 1.807) is 12.3 Å². The van der Waals surface area contributed by atoms with Gasteiger partial charge in [0.2, 0.25) is 5.91 Å². The molecule has 0 bridgehead atoms. The van der Waals surface area contributed by atoms with Gasteiger partial charge in [0.1, 0.15) is 5.82 Å². The Labute approximate surface area is 101 Å². The van der Waals surface area contributed by atoms with E-state index in [9.17, 15) is 4.79 Å². The molecule has 0 aliphatic carbocycles. The van der Waals surface area contributed by atoms with Crippen molar-refractivity contribution < 1.29 is 4.79 Å². The molecule has 17 heavy (non-hydrogen) atoms. The molecular weight excluding hydrogens is 216 g/mol. The molecule has 1 aliphatic rings. The molecule has 2 heterocycles. The average molecular weight is 234 g/mol. The molecule has 92 valence electrons. The minimum atomic E-state index is -0.388. The van der Waals surface area contributed by atoms with Crippen molar-refractivity contribution in [1.82, 2.24) is 9.88 Å². The first kappa shape index (κ1) is 11.9. The molecule has 1 aliphatic heterocycles. The zero-order valence-corrected chi connectivity index (χ0v) is 10.0. The monoisotopic (exact) mass is 234 g/mol. The van der Waals surface area contributed by atoms with Crippen LogP contribution in [0.5, 0.6) is 0 Å². The molecule has 0 radical (unpaired) electrons. The van der Waals surface area contributed by atoms with E-state index in [0.717, 1.165) is 25.1 Å². The number of anilines is 1. The number of hydrogen-bond donors (Lipinski definition) is 2. The summed E-state index contributed by atoms with van der Waals surface area (Å²) in [5.74, 6) is 0.313. The minimum Gasteiger partial charge on any atom is -0.384 e. The van der Waals surface area contributed by atoms with E-state index in [0.29, 0.717) is 12.4 Å². The van der Waals surface area contributed by atoms with Crippen LogP contribution in [-0.4, -0.2) is 28.9 Å². The third-order valence-electron chi connectivity index (χ3n) is 3.40. The van der Waals surface area contributed by atoms with Crippen LogP contribution in [0.15, 0.2) is 18.3 Å². The van der Waals surface area contributed by atoms with Crippen LogP contribution in [0.3, 0.4) is 0 Å². The van der Waals surface area contributed by atoms with Crippen LogP contribution in [0.4, 0.5) is 5.82 Å². The van der Waals surface area contributed by atoms with Crippen molar-refractivity contribution in [1.29, 1.82) is 0 Å². The van der Waals surface area contributed by atoms with Crippen molar-refractivity contribution in [2.45, 2.75) is 19.9 Å². The SMILES string of the molecule is CC1(C(N)=O)CCN(Cc2ccc(N)nc2)C1. The van der Waals surface area contributed by atoms with E-state index >= 15 is 0 Å². The summed E-state index contributed by atoms with van der Waals surface area (Å²) in [7, 11) is 0. The Morgan fingerprint density at radius 2 is 2.35 bits per heavy atom. The standard InChI is InChI=1S/C12H18N4O/c1-12(11(14)17)4-5-16(8-12)7-9-2-3-10(13)15-6-9/h2-3,6H,4-5,7-8H2,1H3,(H2,13,15)(H2,14,17). The van der Waals surface area contributed by atoms with Gasteiger partial charge in [-0.1, -0.05) is 6.07 Å². The summed E-state index contributed by atoms with van der Waals surface area (Å²) >= 11 is 0. The first-order valence-corrected chi connectivity index (χ1v) is 5.72. The maximum absolute atomic E-state index is 11.3. The smallest absolute Gasteiger partial charge is 0.224 e. The second-order valence-corrected chi connectivity index (χ2v) is 4.98. The first-order chi connectivity index (χ1) is 7.99. The molecule has 4 N–H and O–H groups in total. The lowest BCUT2D eigenvalue weighted by molar-refractivity contribution is -0.126. The van der Waals surface area contributed by atoms with Crippen molar-refractivity contribution in [2.24, 2.45) is 11.1 Å². The van der Waals surface area contributed by atoms with Crippen LogP contribution in [0.2, 0.25) is 0 Å². The Bertz CT molecular complexity index is 417. The number of rotatable bonds is 3. The zero-order chi connectivity index (χ0) is 12.5. The Morgan fingerprint density at radius 3 is 2.88 bits per heavy atom. The van der Waals surface area contributed by atoms with Crippen molar-refractivity contribution in [3.63, 3.8) is 0 Å². The lowest BCUT2D eigenvalue weighted by atomic mass is 9.89. The van der Waals surface area contributed by atoms with E-state index in [1.165, 1.54) is 0 Å². The second kappa shape index (κ2) is 4.33. The van der Waals surface area contributed by atoms with Gasteiger partial charge in [0.15, 0.2) is 0 Å². The van der Waals surface area contributed by atoms with Gasteiger partial charge in [-0.15, -0.1) is 0 Å². The molecular formula is C12H18N4O. The van der Waals surface area contributed by atoms with Gasteiger partial charge in [-0.25, -0.2) is 4.98 Å². The molecule has 1 atom stereocenters. The number of likely N-dealkylation sites (tertiary alicyclic amines) is 1. The van der Waals surface area contributed by atoms with Gasteiger partial charge in [-0.3, -0.25) is 9.69 Å². The highest BCUT2D eigenvalue weighted by atomic mass is 16.1. The highest BCUT2D eigenvalue weighted by Gasteiger charge is 2.38. The first-order valence-electron chi connectivity index (χ1n) is 5.72. The summed E-state index contributed by atoms with van der Waals surface area (Å²) in [5, 5.41) is 0. The summed E-state index contributed by atoms with van der Waals surface area (Å²) in [6, 6.07) is 3.75. The molecule has 5 nitrogen and oxygen atoms in total. The van der Waals surface area contributed by atoms with Crippen LogP contribution in [0, 0.1) is 5.41 Å². The van der Waals surface area contributed by atoms with Gasteiger partial charge in [0, 0.05) is 19.3 Å². The molecule has 1 saturated heterocycles. The molecule has 1 fully saturated rings. The molecule has 2 rings (SSSR count). The van der Waals surface area contributed by atoms with Gasteiger partial charge in [0.25, 0.3) is 0 Å². The number of nitrogen functional groups attached to an aromatic ring is 1. The van der Waals surface area contributed by atoms with Gasteiger partial charge in [-0.05, 0) is 31.5 Å². The minimum absolute atomic E-state index is 0.213. The maximum atomic E-state index is 11.3. The number of carbonyl (C=O) groups excluding carboxylic acids is 1. The Kier molecular flexibility index (Phi) is 3.02. The van der Waals surface area contributed by atoms with Crippen LogP contribution in [0.1, 0.15) is 18.9 Å². The predicted molar refractivity (Wildman–Crippen MR) is 65.8 cm³/mol. The fraction of sp³-hybridized carbons (Fsp3) is 0.500. The average Bonchev–Trinajstić information content (AvgIpc) is 2.65. The second-order valence-electron chi connectivity index (χ2n) is 4.98. The lowest BCUT2D eigenvalue weighted by Gasteiger charge is -2.20. The van der Waals surface area contributed by atoms with E-state index in [2.05, 4.69) is 9.88 Å². The Hall–Kier alpha value is -1.62. The summed E-state index contributed by atoms with van der Waals surface area (Å²) in [5.41, 5.74) is 11.7. The molecule has 0 spiro atoms. The molecule has 5 heteroatoms. The van der Waals surface area contributed by atoms with Crippen LogP contribution in [0.25, 0.3) is 0 Å². The van der Waals surface area contributed by atoms with Gasteiger partial charge in [-0.2, -0.15) is 0 Å². The third-order valence-corrected chi connectivity index (χ3v) is 3.40. The van der Waals surface area contributed by atoms with Crippen LogP contribution < -0.4 is 11.5 Å². The normalized spacial score (nSPS) is 25.0. The molecule has 0 aromatic carbocycles. The highest BCUT2D eigenvalue weighted by molar-refractivity contribution is 5.81. The Morgan fingerprint density at radius 1 is 1.59 bits per heavy atom. The fourth-order valence-electron chi connectivity index (χ4n) is 2.18. The summed E-state index contributed by atoms with van der Waals surface area (Å²) < 4.78 is 0. The Balaban J connectivity index is 1.98. The van der Waals surface area contributed by atoms with Gasteiger partial charge in [0.05, 0.1) is 5.41 Å². The van der Waals surface area contributed by atoms with Gasteiger partial charge < -0.3 is 11.5 Å². The van der Waals surface area contributed by atoms with Crippen molar-refractivity contribution in [2.75, 3.05) is 18.8 Å². The van der Waals surface area contributed by atoms with Crippen molar-refractivity contribution >= 4 is 11.7 Å². The zero-order valence-electron chi connectivity index (χ0n) is 10.0. The molecule has 1 aromatic rings. The number of amides is 1. The largest absolute Gasteiger partial charge is 0.384 e. The number of pyridine rings is 1. The number of aromatic nitrogens is 1. The van der Waals surface area contributed by atoms with Crippen molar-refractivity contribution in [3.05, 3.63) is 23.9 Å². The number of primary amides is 1. The summed E-state index contributed by atoms with van der Waals surface area (Å²) in [4.78, 5) is 17.6. The number of carbonyl (C=O) groups is 1. The van der Waals surface area contributed by atoms with Crippen LogP contribution >= 0.6 is 0 Å². The van der Waals surface area contributed by atoms with Crippen LogP contribution in [-0.2, 0) is 11.3 Å². The molecule has 1 unspecified atom stereocenters. The third kappa shape index (κ3) is 2.55. The highest BCUT2D eigenvalue weighted by Crippen LogP contribution is 2.30. The summed E-state index contributed by atoms with van der Waals surface area (Å²) in [6.07, 6.45) is 2.60. The number of nitrogens with two attached hydrogens (primary N) is 2. The quantitative estimate of drug-likeness (QED) is 0.790. The molecule has 1 amide bonds. The summed E-state index contributed by atoms with van der Waals surface area (Å²) in [6.45, 7) is 4.32. The molecule has 1 aromatic heterocycles. The predicted octanol–water partition coefficient (Wildman–Crippen LogP) is 0.361. The topological polar surface area (TPSA) is 85.2 Å². The molecule has 0 saturated carbocycles. The van der Waals surface area contributed by atoms with Gasteiger partial charge >= 0.3 is 0 Å². The van der Waals surface area contributed by atoms with E-state index in [4.69, 9.17) is 11.5 Å². The van der Waals surface area contributed by atoms with E-state index in [1.807, 2.05) is 13.0 Å². The van der Waals surface area contributed by atoms with Crippen molar-refractivity contribution in [3.8, 4) is 0 Å².